The van der Waals surface area contributed by atoms with Gasteiger partial charge >= 0.3 is 12.4 Å². The quantitative estimate of drug-likeness (QED) is 0.277. The minimum absolute atomic E-state index is 0. The van der Waals surface area contributed by atoms with Crippen LogP contribution in [0.1, 0.15) is 53.5 Å². The van der Waals surface area contributed by atoms with E-state index in [0.717, 1.165) is 60.4 Å². The molecule has 0 saturated carbocycles. The maximum atomic E-state index is 14.6. The predicted octanol–water partition coefficient (Wildman–Crippen LogP) is 2.95. The van der Waals surface area contributed by atoms with Crippen molar-refractivity contribution in [3.8, 4) is 0 Å². The number of morpholine rings is 1. The first-order chi connectivity index (χ1) is 21.6. The molecule has 0 aromatic heterocycles. The van der Waals surface area contributed by atoms with E-state index in [9.17, 15) is 39.9 Å². The standard InChI is InChI=1S/C34H33F8N2O2.ClH.2H2O/c35-28-7-6-25(19-29(28)36)32(11-15-44-12-8-31(9-13-44,10-14-44)24-4-2-1-3-5-24)22-43(30(45)21-46-32)20-23-16-26(33(37,38)39)18-27(17-23)34(40,41)42;;;/h1-7,16-19H,8-15,20-22H2;1H;2*1H2/q+1;;;/p-1. The second-order valence-electron chi connectivity index (χ2n) is 13.0. The number of quaternary nitrogens is 1. The second-order valence-corrected chi connectivity index (χ2v) is 13.0. The van der Waals surface area contributed by atoms with E-state index in [4.69, 9.17) is 4.74 Å². The van der Waals surface area contributed by atoms with Crippen molar-refractivity contribution >= 4 is 5.91 Å². The summed E-state index contributed by atoms with van der Waals surface area (Å²) in [6.07, 6.45) is -6.91. The van der Waals surface area contributed by atoms with Crippen LogP contribution >= 0.6 is 0 Å². The van der Waals surface area contributed by atoms with Crippen LogP contribution in [0, 0.1) is 11.6 Å². The summed E-state index contributed by atoms with van der Waals surface area (Å²) < 4.78 is 117. The van der Waals surface area contributed by atoms with Gasteiger partial charge in [-0.05, 0) is 47.0 Å². The fourth-order valence-electron chi connectivity index (χ4n) is 7.50. The lowest BCUT2D eigenvalue weighted by Gasteiger charge is -2.56. The number of piperidine rings is 3. The van der Waals surface area contributed by atoms with Crippen molar-refractivity contribution < 1.29 is 72.5 Å². The molecule has 4 fully saturated rings. The third-order valence-electron chi connectivity index (χ3n) is 10.3. The Morgan fingerprint density at radius 1 is 0.755 bits per heavy atom. The zero-order valence-corrected chi connectivity index (χ0v) is 27.0. The summed E-state index contributed by atoms with van der Waals surface area (Å²) in [6.45, 7) is 1.89. The molecule has 6 nitrogen and oxygen atoms in total. The highest BCUT2D eigenvalue weighted by Gasteiger charge is 2.51. The van der Waals surface area contributed by atoms with Crippen molar-refractivity contribution in [2.45, 2.75) is 55.6 Å². The summed E-state index contributed by atoms with van der Waals surface area (Å²) in [5.41, 5.74) is -3.03. The molecular weight excluding hydrogens is 688 g/mol. The molecule has 3 aromatic carbocycles. The minimum atomic E-state index is -5.05. The van der Waals surface area contributed by atoms with E-state index in [2.05, 4.69) is 12.1 Å². The van der Waals surface area contributed by atoms with E-state index < -0.39 is 59.8 Å². The first-order valence-corrected chi connectivity index (χ1v) is 15.2. The average Bonchev–Trinajstić information content (AvgIpc) is 3.03. The van der Waals surface area contributed by atoms with Gasteiger partial charge in [0.15, 0.2) is 11.6 Å². The van der Waals surface area contributed by atoms with Gasteiger partial charge in [-0.15, -0.1) is 0 Å². The van der Waals surface area contributed by atoms with Gasteiger partial charge in [-0.25, -0.2) is 8.78 Å². The first-order valence-electron chi connectivity index (χ1n) is 15.2. The molecule has 0 aliphatic carbocycles. The van der Waals surface area contributed by atoms with E-state index in [1.54, 1.807) is 0 Å². The second kappa shape index (κ2) is 14.5. The Kier molecular flexibility index (Phi) is 11.9. The van der Waals surface area contributed by atoms with E-state index in [-0.39, 0.29) is 58.9 Å². The Morgan fingerprint density at radius 3 is 1.86 bits per heavy atom. The van der Waals surface area contributed by atoms with Crippen LogP contribution in [0.4, 0.5) is 35.1 Å². The summed E-state index contributed by atoms with van der Waals surface area (Å²) in [7, 11) is 0. The van der Waals surface area contributed by atoms with Crippen LogP contribution < -0.4 is 12.4 Å². The first kappa shape index (κ1) is 40.1. The molecule has 0 radical (unpaired) electrons. The highest BCUT2D eigenvalue weighted by atomic mass is 35.5. The van der Waals surface area contributed by atoms with E-state index in [1.807, 2.05) is 18.2 Å². The lowest BCUT2D eigenvalue weighted by Crippen LogP contribution is -3.00. The van der Waals surface area contributed by atoms with Gasteiger partial charge in [0.25, 0.3) is 0 Å². The molecule has 4 aliphatic heterocycles. The van der Waals surface area contributed by atoms with Crippen LogP contribution in [0.25, 0.3) is 0 Å². The fourth-order valence-corrected chi connectivity index (χ4v) is 7.50. The number of benzene rings is 3. The number of hydrogen-bond donors (Lipinski definition) is 0. The topological polar surface area (TPSA) is 92.5 Å². The Balaban J connectivity index is 0.00000217. The summed E-state index contributed by atoms with van der Waals surface area (Å²) in [6, 6.07) is 14.9. The number of halogens is 9. The van der Waals surface area contributed by atoms with E-state index in [1.165, 1.54) is 11.6 Å². The smallest absolute Gasteiger partial charge is 0.416 e. The van der Waals surface area contributed by atoms with Crippen LogP contribution in [0.5, 0.6) is 0 Å². The van der Waals surface area contributed by atoms with Crippen LogP contribution in [0.3, 0.4) is 0 Å². The average molecular weight is 725 g/mol. The highest BCUT2D eigenvalue weighted by molar-refractivity contribution is 5.78. The van der Waals surface area contributed by atoms with Crippen LogP contribution in [0.15, 0.2) is 66.7 Å². The van der Waals surface area contributed by atoms with Crippen LogP contribution in [0.2, 0.25) is 0 Å². The zero-order valence-electron chi connectivity index (χ0n) is 26.2. The van der Waals surface area contributed by atoms with Gasteiger partial charge in [-0.1, -0.05) is 36.4 Å². The van der Waals surface area contributed by atoms with Crippen LogP contribution in [-0.4, -0.2) is 65.6 Å². The molecule has 7 rings (SSSR count). The number of amides is 1. The maximum absolute atomic E-state index is 14.6. The van der Waals surface area contributed by atoms with Gasteiger partial charge in [-0.2, -0.15) is 26.3 Å². The Hall–Kier alpha value is -3.30. The molecule has 0 spiro atoms. The molecular formula is C34H37ClF8N2O4. The van der Waals surface area contributed by atoms with Crippen molar-refractivity contribution in [3.05, 3.63) is 106 Å². The Morgan fingerprint density at radius 2 is 1.33 bits per heavy atom. The monoisotopic (exact) mass is 724 g/mol. The van der Waals surface area contributed by atoms with Crippen molar-refractivity contribution in [1.29, 1.82) is 0 Å². The fraction of sp³-hybridized carbons (Fsp3) is 0.441. The molecule has 4 heterocycles. The Labute approximate surface area is 284 Å². The molecule has 1 atom stereocenters. The van der Waals surface area contributed by atoms with Gasteiger partial charge < -0.3 is 37.5 Å². The summed E-state index contributed by atoms with van der Waals surface area (Å²) in [5.74, 6) is -2.86. The van der Waals surface area contributed by atoms with E-state index in [0.29, 0.717) is 18.7 Å². The molecule has 3 aromatic rings. The normalized spacial score (nSPS) is 25.2. The molecule has 4 saturated heterocycles. The van der Waals surface area contributed by atoms with Crippen LogP contribution in [-0.2, 0) is 39.4 Å². The number of fused-ring (bicyclic) bond motifs is 3. The van der Waals surface area contributed by atoms with E-state index >= 15 is 0 Å². The number of alkyl halides is 6. The van der Waals surface area contributed by atoms with Crippen molar-refractivity contribution in [2.24, 2.45) is 0 Å². The van der Waals surface area contributed by atoms with Gasteiger partial charge in [0.2, 0.25) is 5.91 Å². The number of nitrogens with zero attached hydrogens (tertiary/aromatic N) is 2. The maximum Gasteiger partial charge on any atom is 0.416 e. The van der Waals surface area contributed by atoms with Gasteiger partial charge in [0, 0.05) is 37.6 Å². The van der Waals surface area contributed by atoms with Gasteiger partial charge in [0.1, 0.15) is 12.2 Å². The molecule has 4 N–H and O–H groups in total. The van der Waals surface area contributed by atoms with Crippen molar-refractivity contribution in [2.75, 3.05) is 39.3 Å². The number of hydrogen-bond acceptors (Lipinski definition) is 2. The third-order valence-corrected chi connectivity index (χ3v) is 10.3. The number of carbonyl (C=O) groups is 1. The summed E-state index contributed by atoms with van der Waals surface area (Å²) in [5, 5.41) is 0. The number of rotatable bonds is 7. The third kappa shape index (κ3) is 8.04. The highest BCUT2D eigenvalue weighted by Crippen LogP contribution is 2.47. The SMILES string of the molecule is O.O.O=C1COC(CC[N+]23CCC(c4ccccc4)(CC2)CC3)(c2ccc(F)c(F)c2)CN1Cc1cc(C(F)(F)F)cc(C(F)(F)F)c1.[Cl-]. The Bertz CT molecular complexity index is 1570. The molecule has 15 heteroatoms. The molecule has 1 amide bonds. The summed E-state index contributed by atoms with van der Waals surface area (Å²) >= 11 is 0. The molecule has 2 bridgehead atoms. The van der Waals surface area contributed by atoms with Crippen molar-refractivity contribution in [3.63, 3.8) is 0 Å². The van der Waals surface area contributed by atoms with Gasteiger partial charge in [-0.3, -0.25) is 4.79 Å². The molecule has 1 unspecified atom stereocenters. The number of ether oxygens (including phenoxy) is 1. The molecule has 4 aliphatic rings. The number of carbonyl (C=O) groups excluding carboxylic acids is 1. The largest absolute Gasteiger partial charge is 1.00 e. The molecule has 49 heavy (non-hydrogen) atoms. The molecule has 270 valence electrons. The zero-order chi connectivity index (χ0) is 33.0. The predicted molar refractivity (Wildman–Crippen MR) is 159 cm³/mol. The lowest BCUT2D eigenvalue weighted by atomic mass is 9.66. The minimum Gasteiger partial charge on any atom is -1.00 e. The van der Waals surface area contributed by atoms with Crippen molar-refractivity contribution in [1.82, 2.24) is 4.90 Å². The van der Waals surface area contributed by atoms with Gasteiger partial charge in [0.05, 0.1) is 43.9 Å². The lowest BCUT2D eigenvalue weighted by molar-refractivity contribution is -0.944. The summed E-state index contributed by atoms with van der Waals surface area (Å²) in [4.78, 5) is 14.2.